The SMILES string of the molecule is Cc1cnc(N2CCN(CC(C)C)[C@H](CCO)C2)nc1N(C)C. The van der Waals surface area contributed by atoms with Crippen LogP contribution in [0, 0.1) is 12.8 Å². The Hall–Kier alpha value is -1.40. The number of nitrogens with zero attached hydrogens (tertiary/aromatic N) is 5. The van der Waals surface area contributed by atoms with E-state index in [1.165, 1.54) is 0 Å². The van der Waals surface area contributed by atoms with Gasteiger partial charge in [-0.05, 0) is 19.3 Å². The largest absolute Gasteiger partial charge is 0.396 e. The molecule has 6 heteroatoms. The molecule has 1 N–H and O–H groups in total. The Morgan fingerprint density at radius 1 is 1.35 bits per heavy atom. The Kier molecular flexibility index (Phi) is 6.18. The van der Waals surface area contributed by atoms with Crippen molar-refractivity contribution < 1.29 is 5.11 Å². The highest BCUT2D eigenvalue weighted by Crippen LogP contribution is 2.22. The quantitative estimate of drug-likeness (QED) is 0.854. The summed E-state index contributed by atoms with van der Waals surface area (Å²) in [6.07, 6.45) is 2.70. The van der Waals surface area contributed by atoms with E-state index < -0.39 is 0 Å². The van der Waals surface area contributed by atoms with Crippen molar-refractivity contribution in [1.29, 1.82) is 0 Å². The molecule has 0 aromatic carbocycles. The highest BCUT2D eigenvalue weighted by molar-refractivity contribution is 5.48. The van der Waals surface area contributed by atoms with Crippen LogP contribution in [-0.2, 0) is 0 Å². The Morgan fingerprint density at radius 3 is 2.70 bits per heavy atom. The number of aromatic nitrogens is 2. The molecule has 0 saturated carbocycles. The van der Waals surface area contributed by atoms with Gasteiger partial charge in [0.25, 0.3) is 0 Å². The van der Waals surface area contributed by atoms with E-state index in [0.717, 1.165) is 49.9 Å². The van der Waals surface area contributed by atoms with Gasteiger partial charge in [-0.25, -0.2) is 4.98 Å². The van der Waals surface area contributed by atoms with Crippen molar-refractivity contribution in [2.45, 2.75) is 33.2 Å². The van der Waals surface area contributed by atoms with Gasteiger partial charge in [0, 0.05) is 64.7 Å². The van der Waals surface area contributed by atoms with E-state index in [0.29, 0.717) is 12.0 Å². The number of aliphatic hydroxyl groups is 1. The average molecular weight is 321 g/mol. The standard InChI is InChI=1S/C17H31N5O/c1-13(2)11-21-7-8-22(12-15(21)6-9-23)17-18-10-14(3)16(19-17)20(4)5/h10,13,15,23H,6-9,11-12H2,1-5H3/t15-/m1/s1. The minimum absolute atomic E-state index is 0.227. The van der Waals surface area contributed by atoms with Crippen LogP contribution in [0.2, 0.25) is 0 Å². The molecule has 23 heavy (non-hydrogen) atoms. The van der Waals surface area contributed by atoms with Crippen LogP contribution in [0.15, 0.2) is 6.20 Å². The van der Waals surface area contributed by atoms with Crippen molar-refractivity contribution in [1.82, 2.24) is 14.9 Å². The van der Waals surface area contributed by atoms with Gasteiger partial charge in [0.05, 0.1) is 0 Å². The lowest BCUT2D eigenvalue weighted by Gasteiger charge is -2.42. The molecule has 1 fully saturated rings. The summed E-state index contributed by atoms with van der Waals surface area (Å²) in [6, 6.07) is 0.365. The maximum atomic E-state index is 9.40. The summed E-state index contributed by atoms with van der Waals surface area (Å²) in [6.45, 7) is 10.6. The summed E-state index contributed by atoms with van der Waals surface area (Å²) in [7, 11) is 4.02. The average Bonchev–Trinajstić information content (AvgIpc) is 2.49. The molecule has 130 valence electrons. The number of piperazine rings is 1. The predicted molar refractivity (Wildman–Crippen MR) is 95.2 cm³/mol. The van der Waals surface area contributed by atoms with E-state index in [2.05, 4.69) is 28.6 Å². The minimum atomic E-state index is 0.227. The zero-order chi connectivity index (χ0) is 17.0. The third-order valence-corrected chi connectivity index (χ3v) is 4.31. The number of hydrogen-bond acceptors (Lipinski definition) is 6. The molecule has 1 aliphatic rings. The summed E-state index contributed by atoms with van der Waals surface area (Å²) in [5.41, 5.74) is 1.09. The smallest absolute Gasteiger partial charge is 0.227 e. The zero-order valence-corrected chi connectivity index (χ0v) is 15.2. The Labute approximate surface area is 140 Å². The molecule has 1 aromatic heterocycles. The Bertz CT molecular complexity index is 506. The van der Waals surface area contributed by atoms with Crippen molar-refractivity contribution in [3.8, 4) is 0 Å². The van der Waals surface area contributed by atoms with Crippen molar-refractivity contribution in [2.75, 3.05) is 56.7 Å². The van der Waals surface area contributed by atoms with Crippen molar-refractivity contribution >= 4 is 11.8 Å². The van der Waals surface area contributed by atoms with E-state index in [9.17, 15) is 5.11 Å². The third-order valence-electron chi connectivity index (χ3n) is 4.31. The fourth-order valence-corrected chi connectivity index (χ4v) is 3.24. The van der Waals surface area contributed by atoms with Crippen LogP contribution < -0.4 is 9.80 Å². The molecule has 1 aromatic rings. The van der Waals surface area contributed by atoms with E-state index in [4.69, 9.17) is 4.98 Å². The molecule has 0 radical (unpaired) electrons. The number of rotatable bonds is 6. The number of aliphatic hydroxyl groups excluding tert-OH is 1. The highest BCUT2D eigenvalue weighted by Gasteiger charge is 2.28. The van der Waals surface area contributed by atoms with Crippen LogP contribution in [0.4, 0.5) is 11.8 Å². The monoisotopic (exact) mass is 321 g/mol. The first-order valence-electron chi connectivity index (χ1n) is 8.53. The molecule has 0 bridgehead atoms. The first kappa shape index (κ1) is 17.9. The molecule has 0 spiro atoms. The minimum Gasteiger partial charge on any atom is -0.396 e. The Morgan fingerprint density at radius 2 is 2.09 bits per heavy atom. The van der Waals surface area contributed by atoms with Gasteiger partial charge in [-0.1, -0.05) is 13.8 Å². The molecule has 0 unspecified atom stereocenters. The van der Waals surface area contributed by atoms with Gasteiger partial charge < -0.3 is 14.9 Å². The van der Waals surface area contributed by atoms with Gasteiger partial charge >= 0.3 is 0 Å². The summed E-state index contributed by atoms with van der Waals surface area (Å²) in [5, 5.41) is 9.40. The number of hydrogen-bond donors (Lipinski definition) is 1. The molecule has 1 atom stereocenters. The van der Waals surface area contributed by atoms with Gasteiger partial charge in [0.15, 0.2) is 0 Å². The lowest BCUT2D eigenvalue weighted by atomic mass is 10.1. The molecule has 1 saturated heterocycles. The molecule has 1 aliphatic heterocycles. The van der Waals surface area contributed by atoms with E-state index in [1.54, 1.807) is 0 Å². The summed E-state index contributed by atoms with van der Waals surface area (Å²) in [5.74, 6) is 2.41. The molecular formula is C17H31N5O. The van der Waals surface area contributed by atoms with Crippen LogP contribution in [0.1, 0.15) is 25.8 Å². The van der Waals surface area contributed by atoms with Gasteiger partial charge in [0.1, 0.15) is 5.82 Å². The molecule has 0 amide bonds. The van der Waals surface area contributed by atoms with Crippen LogP contribution >= 0.6 is 0 Å². The normalized spacial score (nSPS) is 19.4. The molecule has 0 aliphatic carbocycles. The lowest BCUT2D eigenvalue weighted by Crippen LogP contribution is -2.54. The van der Waals surface area contributed by atoms with Crippen molar-refractivity contribution in [3.05, 3.63) is 11.8 Å². The van der Waals surface area contributed by atoms with Gasteiger partial charge in [-0.2, -0.15) is 4.98 Å². The summed E-state index contributed by atoms with van der Waals surface area (Å²) >= 11 is 0. The number of aryl methyl sites for hydroxylation is 1. The molecule has 2 heterocycles. The summed E-state index contributed by atoms with van der Waals surface area (Å²) < 4.78 is 0. The fraction of sp³-hybridized carbons (Fsp3) is 0.765. The molecular weight excluding hydrogens is 290 g/mol. The Balaban J connectivity index is 2.14. The van der Waals surface area contributed by atoms with Crippen LogP contribution in [0.5, 0.6) is 0 Å². The second-order valence-corrected chi connectivity index (χ2v) is 7.07. The van der Waals surface area contributed by atoms with E-state index in [-0.39, 0.29) is 6.61 Å². The maximum Gasteiger partial charge on any atom is 0.227 e. The fourth-order valence-electron chi connectivity index (χ4n) is 3.24. The second kappa shape index (κ2) is 7.93. The van der Waals surface area contributed by atoms with E-state index in [1.807, 2.05) is 32.1 Å². The first-order valence-corrected chi connectivity index (χ1v) is 8.53. The third kappa shape index (κ3) is 4.54. The van der Waals surface area contributed by atoms with Gasteiger partial charge in [0.2, 0.25) is 5.95 Å². The molecule has 2 rings (SSSR count). The predicted octanol–water partition coefficient (Wildman–Crippen LogP) is 1.38. The molecule has 6 nitrogen and oxygen atoms in total. The zero-order valence-electron chi connectivity index (χ0n) is 15.2. The van der Waals surface area contributed by atoms with Gasteiger partial charge in [-0.15, -0.1) is 0 Å². The summed E-state index contributed by atoms with van der Waals surface area (Å²) in [4.78, 5) is 16.0. The maximum absolute atomic E-state index is 9.40. The first-order chi connectivity index (χ1) is 10.9. The van der Waals surface area contributed by atoms with Crippen molar-refractivity contribution in [2.24, 2.45) is 5.92 Å². The van der Waals surface area contributed by atoms with E-state index >= 15 is 0 Å². The number of anilines is 2. The van der Waals surface area contributed by atoms with Crippen LogP contribution in [0.3, 0.4) is 0 Å². The highest BCUT2D eigenvalue weighted by atomic mass is 16.3. The van der Waals surface area contributed by atoms with Crippen LogP contribution in [-0.4, -0.2) is 72.9 Å². The topological polar surface area (TPSA) is 55.7 Å². The van der Waals surface area contributed by atoms with Crippen molar-refractivity contribution in [3.63, 3.8) is 0 Å². The lowest BCUT2D eigenvalue weighted by molar-refractivity contribution is 0.128. The second-order valence-electron chi connectivity index (χ2n) is 7.07. The van der Waals surface area contributed by atoms with Gasteiger partial charge in [-0.3, -0.25) is 4.90 Å². The van der Waals surface area contributed by atoms with Crippen LogP contribution in [0.25, 0.3) is 0 Å².